The van der Waals surface area contributed by atoms with Gasteiger partial charge < -0.3 is 29.5 Å². The van der Waals surface area contributed by atoms with Crippen molar-refractivity contribution < 1.29 is 29.2 Å². The first kappa shape index (κ1) is 26.8. The summed E-state index contributed by atoms with van der Waals surface area (Å²) in [5, 5.41) is 20.3. The number of piperazine rings is 1. The van der Waals surface area contributed by atoms with Gasteiger partial charge in [0.05, 0.1) is 6.61 Å². The third kappa shape index (κ3) is 5.56. The van der Waals surface area contributed by atoms with Gasteiger partial charge in [-0.25, -0.2) is 4.79 Å². The van der Waals surface area contributed by atoms with Crippen molar-refractivity contribution in [1.82, 2.24) is 14.7 Å². The standard InChI is InChI=1S/C27H34BN3O6/c1-17(2)24(27(34)35)31(26(33)22-10-9-21-16-37-28(36)23(21)18(22)3)15-19-5-7-20(8-6-19)25(32)30-13-11-29(4)12-14-30/h5-10,17,24,36H,11-16H2,1-4H3,(H,34,35)/t24-/m0/s1. The Morgan fingerprint density at radius 3 is 2.30 bits per heavy atom. The monoisotopic (exact) mass is 507 g/mol. The molecule has 0 aromatic heterocycles. The molecule has 1 atom stereocenters. The van der Waals surface area contributed by atoms with Gasteiger partial charge in [-0.1, -0.05) is 32.0 Å². The van der Waals surface area contributed by atoms with Crippen LogP contribution in [0.15, 0.2) is 36.4 Å². The first-order valence-electron chi connectivity index (χ1n) is 12.6. The predicted molar refractivity (Wildman–Crippen MR) is 140 cm³/mol. The van der Waals surface area contributed by atoms with E-state index in [4.69, 9.17) is 4.65 Å². The number of benzene rings is 2. The zero-order valence-electron chi connectivity index (χ0n) is 21.8. The lowest BCUT2D eigenvalue weighted by Crippen LogP contribution is -2.48. The molecule has 0 bridgehead atoms. The second-order valence-electron chi connectivity index (χ2n) is 10.2. The van der Waals surface area contributed by atoms with Crippen LogP contribution in [0.1, 0.15) is 51.3 Å². The molecule has 2 amide bonds. The van der Waals surface area contributed by atoms with E-state index < -0.39 is 25.0 Å². The fourth-order valence-electron chi connectivity index (χ4n) is 5.11. The number of hydrogen-bond acceptors (Lipinski definition) is 6. The summed E-state index contributed by atoms with van der Waals surface area (Å²) in [5.41, 5.74) is 3.57. The molecule has 2 N–H and O–H groups in total. The van der Waals surface area contributed by atoms with E-state index in [-0.39, 0.29) is 25.0 Å². The summed E-state index contributed by atoms with van der Waals surface area (Å²) in [6.07, 6.45) is 0. The zero-order chi connectivity index (χ0) is 26.9. The van der Waals surface area contributed by atoms with Crippen LogP contribution in [0.25, 0.3) is 0 Å². The Kier molecular flexibility index (Phi) is 8.01. The van der Waals surface area contributed by atoms with E-state index in [1.165, 1.54) is 4.90 Å². The Balaban J connectivity index is 1.60. The van der Waals surface area contributed by atoms with Crippen LogP contribution in [0.5, 0.6) is 0 Å². The normalized spacial score (nSPS) is 16.6. The number of carbonyl (C=O) groups excluding carboxylic acids is 2. The van der Waals surface area contributed by atoms with Crippen molar-refractivity contribution in [3.63, 3.8) is 0 Å². The second kappa shape index (κ2) is 11.0. The molecule has 0 saturated carbocycles. The maximum atomic E-state index is 13.8. The summed E-state index contributed by atoms with van der Waals surface area (Å²) in [5.74, 6) is -1.90. The number of amides is 2. The average Bonchev–Trinajstić information content (AvgIpc) is 3.25. The average molecular weight is 507 g/mol. The summed E-state index contributed by atoms with van der Waals surface area (Å²) in [6, 6.07) is 9.37. The summed E-state index contributed by atoms with van der Waals surface area (Å²) in [4.78, 5) is 44.4. The molecule has 0 aliphatic carbocycles. The van der Waals surface area contributed by atoms with Gasteiger partial charge in [0.1, 0.15) is 6.04 Å². The first-order valence-corrected chi connectivity index (χ1v) is 12.6. The molecule has 2 aliphatic rings. The van der Waals surface area contributed by atoms with Crippen LogP contribution in [0, 0.1) is 12.8 Å². The number of fused-ring (bicyclic) bond motifs is 1. The number of carboxylic acids is 1. The van der Waals surface area contributed by atoms with Crippen molar-refractivity contribution in [1.29, 1.82) is 0 Å². The van der Waals surface area contributed by atoms with E-state index in [0.29, 0.717) is 35.2 Å². The Morgan fingerprint density at radius 1 is 1.05 bits per heavy atom. The lowest BCUT2D eigenvalue weighted by atomic mass is 9.75. The molecule has 10 heteroatoms. The van der Waals surface area contributed by atoms with Gasteiger partial charge in [-0.05, 0) is 60.2 Å². The van der Waals surface area contributed by atoms with E-state index in [2.05, 4.69) is 4.90 Å². The van der Waals surface area contributed by atoms with Crippen LogP contribution < -0.4 is 5.46 Å². The summed E-state index contributed by atoms with van der Waals surface area (Å²) < 4.78 is 5.30. The van der Waals surface area contributed by atoms with Crippen LogP contribution >= 0.6 is 0 Å². The third-order valence-electron chi connectivity index (χ3n) is 7.30. The smallest absolute Gasteiger partial charge is 0.480 e. The fourth-order valence-corrected chi connectivity index (χ4v) is 5.11. The van der Waals surface area contributed by atoms with E-state index in [9.17, 15) is 24.5 Å². The lowest BCUT2D eigenvalue weighted by Gasteiger charge is -2.33. The second-order valence-corrected chi connectivity index (χ2v) is 10.2. The van der Waals surface area contributed by atoms with Crippen LogP contribution in [0.3, 0.4) is 0 Å². The molecule has 1 saturated heterocycles. The molecule has 2 aliphatic heterocycles. The van der Waals surface area contributed by atoms with Crippen molar-refractivity contribution in [3.05, 3.63) is 64.2 Å². The molecule has 37 heavy (non-hydrogen) atoms. The van der Waals surface area contributed by atoms with Crippen molar-refractivity contribution in [2.45, 2.75) is 40.0 Å². The highest BCUT2D eigenvalue weighted by atomic mass is 16.5. The largest absolute Gasteiger partial charge is 0.492 e. The minimum absolute atomic E-state index is 0.0345. The van der Waals surface area contributed by atoms with Crippen molar-refractivity contribution >= 4 is 30.4 Å². The number of aliphatic carboxylic acids is 1. The summed E-state index contributed by atoms with van der Waals surface area (Å²) in [6.45, 7) is 8.61. The maximum Gasteiger partial charge on any atom is 0.492 e. The van der Waals surface area contributed by atoms with E-state index in [0.717, 1.165) is 24.2 Å². The minimum Gasteiger partial charge on any atom is -0.480 e. The maximum absolute atomic E-state index is 13.8. The van der Waals surface area contributed by atoms with Gasteiger partial charge >= 0.3 is 13.1 Å². The van der Waals surface area contributed by atoms with Gasteiger partial charge in [0, 0.05) is 43.9 Å². The Bertz CT molecular complexity index is 1180. The molecule has 1 fully saturated rings. The molecule has 9 nitrogen and oxygen atoms in total. The van der Waals surface area contributed by atoms with Gasteiger partial charge in [-0.15, -0.1) is 0 Å². The quantitative estimate of drug-likeness (QED) is 0.545. The van der Waals surface area contributed by atoms with Gasteiger partial charge in [0.2, 0.25) is 0 Å². The molecule has 0 spiro atoms. The third-order valence-corrected chi connectivity index (χ3v) is 7.30. The summed E-state index contributed by atoms with van der Waals surface area (Å²) in [7, 11) is 0.924. The van der Waals surface area contributed by atoms with E-state index >= 15 is 0 Å². The lowest BCUT2D eigenvalue weighted by molar-refractivity contribution is -0.144. The van der Waals surface area contributed by atoms with Crippen molar-refractivity contribution in [2.24, 2.45) is 5.92 Å². The van der Waals surface area contributed by atoms with Crippen molar-refractivity contribution in [2.75, 3.05) is 33.2 Å². The number of carboxylic acid groups (broad SMARTS) is 1. The molecule has 0 radical (unpaired) electrons. The predicted octanol–water partition coefficient (Wildman–Crippen LogP) is 1.35. The van der Waals surface area contributed by atoms with Crippen LogP contribution in [-0.4, -0.2) is 89.0 Å². The minimum atomic E-state index is -1.11. The van der Waals surface area contributed by atoms with Gasteiger partial charge in [0.25, 0.3) is 11.8 Å². The number of likely N-dealkylation sites (N-methyl/N-ethyl adjacent to an activating group) is 1. The molecular weight excluding hydrogens is 473 g/mol. The zero-order valence-corrected chi connectivity index (χ0v) is 21.8. The van der Waals surface area contributed by atoms with E-state index in [1.54, 1.807) is 57.2 Å². The number of hydrogen-bond donors (Lipinski definition) is 2. The summed E-state index contributed by atoms with van der Waals surface area (Å²) >= 11 is 0. The number of nitrogens with zero attached hydrogens (tertiary/aromatic N) is 3. The molecule has 4 rings (SSSR count). The fraction of sp³-hybridized carbons (Fsp3) is 0.444. The highest BCUT2D eigenvalue weighted by Crippen LogP contribution is 2.23. The number of carbonyl (C=O) groups is 3. The molecule has 0 unspecified atom stereocenters. The van der Waals surface area contributed by atoms with E-state index in [1.807, 2.05) is 11.9 Å². The Labute approximate surface area is 217 Å². The van der Waals surface area contributed by atoms with Crippen LogP contribution in [0.4, 0.5) is 0 Å². The molecule has 196 valence electrons. The molecule has 2 aromatic rings. The Morgan fingerprint density at radius 2 is 1.70 bits per heavy atom. The first-order chi connectivity index (χ1) is 17.6. The molecule has 2 aromatic carbocycles. The number of rotatable bonds is 7. The topological polar surface area (TPSA) is 111 Å². The molecular formula is C27H34BN3O6. The van der Waals surface area contributed by atoms with Gasteiger partial charge in [-0.2, -0.15) is 0 Å². The molecule has 2 heterocycles. The SMILES string of the molecule is Cc1c(C(=O)N(Cc2ccc(C(=O)N3CCN(C)CC3)cc2)[C@H](C(=O)O)C(C)C)ccc2c1B(O)OC2. The van der Waals surface area contributed by atoms with Gasteiger partial charge in [-0.3, -0.25) is 9.59 Å². The van der Waals surface area contributed by atoms with Crippen LogP contribution in [-0.2, 0) is 22.6 Å². The Hall–Kier alpha value is -3.21. The highest BCUT2D eigenvalue weighted by Gasteiger charge is 2.36. The highest BCUT2D eigenvalue weighted by molar-refractivity contribution is 6.62. The van der Waals surface area contributed by atoms with Crippen LogP contribution in [0.2, 0.25) is 0 Å². The van der Waals surface area contributed by atoms with Crippen molar-refractivity contribution in [3.8, 4) is 0 Å². The van der Waals surface area contributed by atoms with Gasteiger partial charge in [0.15, 0.2) is 0 Å².